The Morgan fingerprint density at radius 2 is 1.82 bits per heavy atom. The summed E-state index contributed by atoms with van der Waals surface area (Å²) >= 11 is 7.16. The van der Waals surface area contributed by atoms with Gasteiger partial charge in [0.05, 0.1) is 5.69 Å². The summed E-state index contributed by atoms with van der Waals surface area (Å²) in [6.45, 7) is 2.45. The molecule has 2 aromatic carbocycles. The van der Waals surface area contributed by atoms with E-state index in [4.69, 9.17) is 4.52 Å². The Morgan fingerprint density at radius 3 is 2.53 bits per heavy atom. The van der Waals surface area contributed by atoms with E-state index in [0.717, 1.165) is 29.7 Å². The number of rotatable bonds is 9. The summed E-state index contributed by atoms with van der Waals surface area (Å²) in [6.07, 6.45) is 4.10. The molecule has 0 fully saturated rings. The van der Waals surface area contributed by atoms with Crippen molar-refractivity contribution >= 4 is 34.4 Å². The molecule has 2 aromatic heterocycles. The number of nitrogens with one attached hydrogen (secondary N) is 1. The number of benzene rings is 2. The molecule has 6 nitrogen and oxygen atoms in total. The Kier molecular flexibility index (Phi) is 7.89. The third-order valence-corrected chi connectivity index (χ3v) is 5.92. The number of halogens is 3. The summed E-state index contributed by atoms with van der Waals surface area (Å²) in [5, 5.41) is 7.30. The number of hydrogen-bond donors (Lipinski definition) is 2. The molecule has 0 saturated carbocycles. The second-order valence-electron chi connectivity index (χ2n) is 7.72. The van der Waals surface area contributed by atoms with E-state index in [9.17, 15) is 8.78 Å². The van der Waals surface area contributed by atoms with Crippen LogP contribution in [0.25, 0.3) is 11.3 Å². The van der Waals surface area contributed by atoms with Crippen molar-refractivity contribution in [2.45, 2.75) is 37.8 Å². The molecule has 0 atom stereocenters. The highest BCUT2D eigenvalue weighted by Gasteiger charge is 2.12. The molecule has 1 N–H and O–H groups in total. The van der Waals surface area contributed by atoms with Gasteiger partial charge in [0.25, 0.3) is 5.22 Å². The van der Waals surface area contributed by atoms with Crippen molar-refractivity contribution in [1.29, 1.82) is 0 Å². The van der Waals surface area contributed by atoms with Crippen LogP contribution in [0.1, 0.15) is 35.9 Å². The lowest BCUT2D eigenvalue weighted by molar-refractivity contribution is 0.339. The lowest BCUT2D eigenvalue weighted by Gasteiger charge is -2.11. The van der Waals surface area contributed by atoms with E-state index < -0.39 is 11.6 Å². The molecule has 0 aliphatic carbocycles. The molecule has 10 heteroatoms. The monoisotopic (exact) mass is 545 g/mol. The molecule has 176 valence electrons. The average molecular weight is 546 g/mol. The number of aryl methyl sites for hydroxylation is 1. The van der Waals surface area contributed by atoms with E-state index in [1.165, 1.54) is 24.0 Å². The van der Waals surface area contributed by atoms with E-state index >= 15 is 0 Å². The number of thiol groups is 1. The third-order valence-electron chi connectivity index (χ3n) is 5.28. The first kappa shape index (κ1) is 24.3. The van der Waals surface area contributed by atoms with Gasteiger partial charge in [-0.05, 0) is 42.2 Å². The zero-order valence-corrected chi connectivity index (χ0v) is 20.8. The van der Waals surface area contributed by atoms with Crippen LogP contribution in [0.4, 0.5) is 14.6 Å². The molecule has 4 aromatic rings. The highest BCUT2D eigenvalue weighted by molar-refractivity contribution is 9.10. The van der Waals surface area contributed by atoms with Crippen molar-refractivity contribution in [3.05, 3.63) is 81.3 Å². The first-order valence-corrected chi connectivity index (χ1v) is 12.0. The summed E-state index contributed by atoms with van der Waals surface area (Å²) in [5.74, 6) is 0.0124. The summed E-state index contributed by atoms with van der Waals surface area (Å²) in [4.78, 5) is 12.8. The molecule has 4 rings (SSSR count). The molecule has 0 bridgehead atoms. The molecule has 2 heterocycles. The summed E-state index contributed by atoms with van der Waals surface area (Å²) in [6, 6.07) is 10.5. The summed E-state index contributed by atoms with van der Waals surface area (Å²) in [5.41, 5.74) is 4.03. The van der Waals surface area contributed by atoms with Crippen LogP contribution in [-0.4, -0.2) is 26.7 Å². The van der Waals surface area contributed by atoms with Crippen LogP contribution in [0.5, 0.6) is 0 Å². The number of nitrogens with zero attached hydrogens (tertiary/aromatic N) is 4. The molecule has 0 spiro atoms. The first-order chi connectivity index (χ1) is 16.4. The van der Waals surface area contributed by atoms with E-state index in [1.54, 1.807) is 0 Å². The van der Waals surface area contributed by atoms with Gasteiger partial charge in [0.1, 0.15) is 23.8 Å². The van der Waals surface area contributed by atoms with Crippen LogP contribution >= 0.6 is 28.6 Å². The van der Waals surface area contributed by atoms with Crippen LogP contribution in [0.15, 0.2) is 56.9 Å². The van der Waals surface area contributed by atoms with Gasteiger partial charge in [-0.1, -0.05) is 59.2 Å². The predicted molar refractivity (Wildman–Crippen MR) is 132 cm³/mol. The Hall–Kier alpha value is -2.85. The maximum absolute atomic E-state index is 14.1. The van der Waals surface area contributed by atoms with Gasteiger partial charge in [0.2, 0.25) is 0 Å². The lowest BCUT2D eigenvalue weighted by Crippen LogP contribution is -2.09. The second kappa shape index (κ2) is 11.1. The quantitative estimate of drug-likeness (QED) is 0.249. The molecule has 0 unspecified atom stereocenters. The Balaban J connectivity index is 1.48. The Bertz CT molecular complexity index is 1280. The van der Waals surface area contributed by atoms with Gasteiger partial charge >= 0.3 is 0 Å². The third kappa shape index (κ3) is 5.98. The fraction of sp³-hybridized carbons (Fsp3) is 0.250. The topological polar surface area (TPSA) is 76.7 Å². The van der Waals surface area contributed by atoms with E-state index in [1.807, 2.05) is 18.2 Å². The normalized spacial score (nSPS) is 11.1. The van der Waals surface area contributed by atoms with E-state index in [-0.39, 0.29) is 17.2 Å². The maximum atomic E-state index is 14.1. The highest BCUT2D eigenvalue weighted by atomic mass is 79.9. The predicted octanol–water partition coefficient (Wildman–Crippen LogP) is 6.05. The zero-order valence-electron chi connectivity index (χ0n) is 18.4. The molecular formula is C24H22BrF2N5OS. The summed E-state index contributed by atoms with van der Waals surface area (Å²) < 4.78 is 33.4. The largest absolute Gasteiger partial charge is 0.370 e. The van der Waals surface area contributed by atoms with Crippen LogP contribution in [0, 0.1) is 11.6 Å². The van der Waals surface area contributed by atoms with E-state index in [0.29, 0.717) is 29.1 Å². The molecular weight excluding hydrogens is 524 g/mol. The molecule has 34 heavy (non-hydrogen) atoms. The van der Waals surface area contributed by atoms with Crippen LogP contribution in [0.2, 0.25) is 0 Å². The van der Waals surface area contributed by atoms with Crippen molar-refractivity contribution < 1.29 is 13.3 Å². The van der Waals surface area contributed by atoms with Gasteiger partial charge in [-0.3, -0.25) is 0 Å². The van der Waals surface area contributed by atoms with Crippen molar-refractivity contribution in [2.75, 3.05) is 11.9 Å². The van der Waals surface area contributed by atoms with Gasteiger partial charge in [-0.15, -0.1) is 0 Å². The minimum Gasteiger partial charge on any atom is -0.370 e. The molecule has 0 saturated heterocycles. The molecule has 0 aliphatic rings. The minimum absolute atomic E-state index is 0.0383. The van der Waals surface area contributed by atoms with Crippen molar-refractivity contribution in [2.24, 2.45) is 0 Å². The van der Waals surface area contributed by atoms with Crippen LogP contribution < -0.4 is 5.32 Å². The average Bonchev–Trinajstić information content (AvgIpc) is 3.21. The Morgan fingerprint density at radius 1 is 1.03 bits per heavy atom. The smallest absolute Gasteiger partial charge is 0.282 e. The number of anilines is 1. The van der Waals surface area contributed by atoms with Crippen molar-refractivity contribution in [3.63, 3.8) is 0 Å². The molecule has 0 amide bonds. The SMILES string of the molecule is CCCc1cc(-c2cc(NCCc3c(F)cc(Br)cc3F)ncn2)ccc1Cc1noc(S)n1. The fourth-order valence-electron chi connectivity index (χ4n) is 3.69. The van der Waals surface area contributed by atoms with Gasteiger partial charge < -0.3 is 9.84 Å². The Labute approximate surface area is 209 Å². The van der Waals surface area contributed by atoms with Gasteiger partial charge in [-0.25, -0.2) is 18.7 Å². The fourth-order valence-corrected chi connectivity index (χ4v) is 4.24. The highest BCUT2D eigenvalue weighted by Crippen LogP contribution is 2.25. The van der Waals surface area contributed by atoms with Crippen LogP contribution in [0.3, 0.4) is 0 Å². The van der Waals surface area contributed by atoms with Crippen molar-refractivity contribution in [1.82, 2.24) is 20.1 Å². The van der Waals surface area contributed by atoms with Crippen LogP contribution in [-0.2, 0) is 19.3 Å². The summed E-state index contributed by atoms with van der Waals surface area (Å²) in [7, 11) is 0. The lowest BCUT2D eigenvalue weighted by atomic mass is 9.96. The van der Waals surface area contributed by atoms with Gasteiger partial charge in [-0.2, -0.15) is 4.98 Å². The first-order valence-electron chi connectivity index (χ1n) is 10.8. The van der Waals surface area contributed by atoms with E-state index in [2.05, 4.69) is 67.0 Å². The zero-order chi connectivity index (χ0) is 24.1. The molecule has 0 radical (unpaired) electrons. The van der Waals surface area contributed by atoms with Gasteiger partial charge in [0, 0.05) is 34.6 Å². The number of aromatic nitrogens is 4. The maximum Gasteiger partial charge on any atom is 0.282 e. The molecule has 0 aliphatic heterocycles. The minimum atomic E-state index is -0.577. The van der Waals surface area contributed by atoms with Crippen molar-refractivity contribution in [3.8, 4) is 11.3 Å². The second-order valence-corrected chi connectivity index (χ2v) is 9.01. The number of hydrogen-bond acceptors (Lipinski definition) is 7. The van der Waals surface area contributed by atoms with Gasteiger partial charge in [0.15, 0.2) is 5.82 Å². The standard InChI is InChI=1S/C24H22BrF2N5OS/c1-2-3-14-8-16(5-4-15(14)9-23-31-24(34)33-32-23)21-12-22(30-13-29-21)28-7-6-18-19(26)10-17(25)11-20(18)27/h4-5,8,10-13H,2-3,6-7,9H2,1H3,(H,28,29,30)(H,31,32,34).